The third-order valence-electron chi connectivity index (χ3n) is 3.85. The van der Waals surface area contributed by atoms with Gasteiger partial charge in [0, 0.05) is 13.6 Å². The molecule has 1 aromatic heterocycles. The maximum absolute atomic E-state index is 10.8. The predicted octanol–water partition coefficient (Wildman–Crippen LogP) is 3.41. The summed E-state index contributed by atoms with van der Waals surface area (Å²) in [5.74, 6) is 1.95. The highest BCUT2D eigenvalue weighted by atomic mass is 16.6. The van der Waals surface area contributed by atoms with E-state index in [0.29, 0.717) is 11.6 Å². The SMILES string of the molecule is CNc1cc([N+](=O)[O-])cc(NCCCC2CCCC2)n1. The Balaban J connectivity index is 1.84. The minimum atomic E-state index is -0.397. The van der Waals surface area contributed by atoms with Gasteiger partial charge in [-0.2, -0.15) is 0 Å². The summed E-state index contributed by atoms with van der Waals surface area (Å²) in [6.45, 7) is 0.813. The maximum atomic E-state index is 10.8. The standard InChI is InChI=1S/C14H22N4O2/c1-15-13-9-12(18(19)20)10-14(17-13)16-8-4-7-11-5-2-3-6-11/h9-11H,2-8H2,1H3,(H2,15,16,17). The van der Waals surface area contributed by atoms with E-state index in [1.54, 1.807) is 7.05 Å². The highest BCUT2D eigenvalue weighted by Crippen LogP contribution is 2.28. The van der Waals surface area contributed by atoms with E-state index < -0.39 is 4.92 Å². The number of nitrogens with one attached hydrogen (secondary N) is 2. The summed E-state index contributed by atoms with van der Waals surface area (Å²) in [6, 6.07) is 2.92. The average molecular weight is 278 g/mol. The summed E-state index contributed by atoms with van der Waals surface area (Å²) < 4.78 is 0. The van der Waals surface area contributed by atoms with Crippen molar-refractivity contribution in [1.82, 2.24) is 4.98 Å². The molecule has 0 radical (unpaired) electrons. The van der Waals surface area contributed by atoms with E-state index in [1.807, 2.05) is 0 Å². The molecular weight excluding hydrogens is 256 g/mol. The van der Waals surface area contributed by atoms with Crippen LogP contribution in [0, 0.1) is 16.0 Å². The zero-order valence-electron chi connectivity index (χ0n) is 11.9. The number of aromatic nitrogens is 1. The van der Waals surface area contributed by atoms with E-state index in [9.17, 15) is 10.1 Å². The second-order valence-electron chi connectivity index (χ2n) is 5.32. The molecule has 1 heterocycles. The predicted molar refractivity (Wildman–Crippen MR) is 80.1 cm³/mol. The Bertz CT molecular complexity index is 458. The molecule has 1 aromatic rings. The van der Waals surface area contributed by atoms with E-state index in [1.165, 1.54) is 44.2 Å². The second-order valence-corrected chi connectivity index (χ2v) is 5.32. The summed E-state index contributed by atoms with van der Waals surface area (Å²) in [7, 11) is 1.70. The van der Waals surface area contributed by atoms with Crippen LogP contribution in [0.3, 0.4) is 0 Å². The van der Waals surface area contributed by atoms with E-state index in [0.717, 1.165) is 18.9 Å². The molecule has 2 rings (SSSR count). The van der Waals surface area contributed by atoms with Crippen LogP contribution in [0.15, 0.2) is 12.1 Å². The van der Waals surface area contributed by atoms with Crippen LogP contribution in [-0.4, -0.2) is 23.5 Å². The van der Waals surface area contributed by atoms with Crippen LogP contribution in [0.2, 0.25) is 0 Å². The first-order valence-corrected chi connectivity index (χ1v) is 7.27. The molecule has 1 saturated carbocycles. The van der Waals surface area contributed by atoms with Crippen molar-refractivity contribution < 1.29 is 4.92 Å². The molecule has 6 heteroatoms. The molecule has 1 aliphatic rings. The largest absolute Gasteiger partial charge is 0.373 e. The highest BCUT2D eigenvalue weighted by Gasteiger charge is 2.14. The molecule has 0 spiro atoms. The Kier molecular flexibility index (Phi) is 5.15. The van der Waals surface area contributed by atoms with E-state index in [2.05, 4.69) is 15.6 Å². The van der Waals surface area contributed by atoms with Crippen molar-refractivity contribution in [3.8, 4) is 0 Å². The van der Waals surface area contributed by atoms with Crippen LogP contribution in [0.1, 0.15) is 38.5 Å². The fourth-order valence-corrected chi connectivity index (χ4v) is 2.75. The van der Waals surface area contributed by atoms with Gasteiger partial charge in [-0.25, -0.2) is 4.98 Å². The van der Waals surface area contributed by atoms with E-state index in [-0.39, 0.29) is 5.69 Å². The molecule has 6 nitrogen and oxygen atoms in total. The van der Waals surface area contributed by atoms with Gasteiger partial charge in [0.2, 0.25) is 0 Å². The van der Waals surface area contributed by atoms with Gasteiger partial charge in [0.05, 0.1) is 17.1 Å². The van der Waals surface area contributed by atoms with Crippen molar-refractivity contribution in [3.63, 3.8) is 0 Å². The van der Waals surface area contributed by atoms with Gasteiger partial charge in [-0.05, 0) is 18.8 Å². The van der Waals surface area contributed by atoms with Crippen molar-refractivity contribution in [3.05, 3.63) is 22.2 Å². The van der Waals surface area contributed by atoms with Crippen molar-refractivity contribution in [2.24, 2.45) is 5.92 Å². The number of pyridine rings is 1. The molecule has 0 atom stereocenters. The quantitative estimate of drug-likeness (QED) is 0.454. The molecular formula is C14H22N4O2. The van der Waals surface area contributed by atoms with Crippen LogP contribution in [-0.2, 0) is 0 Å². The zero-order chi connectivity index (χ0) is 14.4. The monoisotopic (exact) mass is 278 g/mol. The Morgan fingerprint density at radius 2 is 2.05 bits per heavy atom. The minimum Gasteiger partial charge on any atom is -0.373 e. The normalized spacial score (nSPS) is 15.2. The van der Waals surface area contributed by atoms with Gasteiger partial charge < -0.3 is 10.6 Å². The number of nitrogens with zero attached hydrogens (tertiary/aromatic N) is 2. The van der Waals surface area contributed by atoms with Crippen molar-refractivity contribution >= 4 is 17.3 Å². The Morgan fingerprint density at radius 1 is 1.35 bits per heavy atom. The summed E-state index contributed by atoms with van der Waals surface area (Å²) in [4.78, 5) is 14.7. The highest BCUT2D eigenvalue weighted by molar-refractivity contribution is 5.54. The lowest BCUT2D eigenvalue weighted by atomic mass is 10.0. The van der Waals surface area contributed by atoms with Crippen LogP contribution >= 0.6 is 0 Å². The van der Waals surface area contributed by atoms with Crippen LogP contribution in [0.25, 0.3) is 0 Å². The molecule has 1 aliphatic carbocycles. The molecule has 0 bridgehead atoms. The molecule has 20 heavy (non-hydrogen) atoms. The lowest BCUT2D eigenvalue weighted by molar-refractivity contribution is -0.384. The third-order valence-corrected chi connectivity index (χ3v) is 3.85. The lowest BCUT2D eigenvalue weighted by Gasteiger charge is -2.10. The first-order chi connectivity index (χ1) is 9.69. The number of nitro groups is 1. The van der Waals surface area contributed by atoms with Gasteiger partial charge in [0.15, 0.2) is 0 Å². The lowest BCUT2D eigenvalue weighted by Crippen LogP contribution is -2.07. The number of hydrogen-bond donors (Lipinski definition) is 2. The summed E-state index contributed by atoms with van der Waals surface area (Å²) >= 11 is 0. The molecule has 0 amide bonds. The van der Waals surface area contributed by atoms with Crippen LogP contribution in [0.5, 0.6) is 0 Å². The van der Waals surface area contributed by atoms with Gasteiger partial charge in [0.1, 0.15) is 11.6 Å². The molecule has 110 valence electrons. The van der Waals surface area contributed by atoms with Crippen molar-refractivity contribution in [1.29, 1.82) is 0 Å². The summed E-state index contributed by atoms with van der Waals surface area (Å²) in [5, 5.41) is 16.9. The summed E-state index contributed by atoms with van der Waals surface area (Å²) in [6.07, 6.45) is 7.79. The van der Waals surface area contributed by atoms with Crippen molar-refractivity contribution in [2.75, 3.05) is 24.2 Å². The zero-order valence-corrected chi connectivity index (χ0v) is 11.9. The van der Waals surface area contributed by atoms with Gasteiger partial charge >= 0.3 is 0 Å². The Hall–Kier alpha value is -1.85. The molecule has 0 unspecified atom stereocenters. The fourth-order valence-electron chi connectivity index (χ4n) is 2.75. The topological polar surface area (TPSA) is 80.1 Å². The number of rotatable bonds is 7. The second kappa shape index (κ2) is 7.07. The first-order valence-electron chi connectivity index (χ1n) is 7.27. The third kappa shape index (κ3) is 4.08. The van der Waals surface area contributed by atoms with Gasteiger partial charge in [-0.3, -0.25) is 10.1 Å². The van der Waals surface area contributed by atoms with Crippen LogP contribution in [0.4, 0.5) is 17.3 Å². The summed E-state index contributed by atoms with van der Waals surface area (Å²) in [5.41, 5.74) is 0.0580. The average Bonchev–Trinajstić information content (AvgIpc) is 2.96. The van der Waals surface area contributed by atoms with Gasteiger partial charge in [-0.1, -0.05) is 25.7 Å². The number of anilines is 2. The van der Waals surface area contributed by atoms with E-state index in [4.69, 9.17) is 0 Å². The molecule has 2 N–H and O–H groups in total. The fraction of sp³-hybridized carbons (Fsp3) is 0.643. The Labute approximate surface area is 119 Å². The Morgan fingerprint density at radius 3 is 2.70 bits per heavy atom. The minimum absolute atomic E-state index is 0.0580. The smallest absolute Gasteiger partial charge is 0.276 e. The van der Waals surface area contributed by atoms with Crippen LogP contribution < -0.4 is 10.6 Å². The maximum Gasteiger partial charge on any atom is 0.276 e. The first kappa shape index (κ1) is 14.6. The molecule has 0 aliphatic heterocycles. The molecule has 0 aromatic carbocycles. The van der Waals surface area contributed by atoms with Crippen molar-refractivity contribution in [2.45, 2.75) is 38.5 Å². The molecule has 1 fully saturated rings. The van der Waals surface area contributed by atoms with E-state index >= 15 is 0 Å². The van der Waals surface area contributed by atoms with Gasteiger partial charge in [0.25, 0.3) is 5.69 Å². The number of hydrogen-bond acceptors (Lipinski definition) is 5. The van der Waals surface area contributed by atoms with Gasteiger partial charge in [-0.15, -0.1) is 0 Å². The molecule has 0 saturated heterocycles.